The fraction of sp³-hybridized carbons (Fsp3) is 0.300. The number of nitrogens with zero attached hydrogens (tertiary/aromatic N) is 1. The molecule has 0 heterocycles. The summed E-state index contributed by atoms with van der Waals surface area (Å²) in [5.74, 6) is -0.227. The monoisotopic (exact) mass is 257 g/mol. The molecule has 4 heteroatoms. The lowest BCUT2D eigenvalue weighted by atomic mass is 9.90. The number of hydrogen-bond acceptors (Lipinski definition) is 2. The summed E-state index contributed by atoms with van der Waals surface area (Å²) in [4.78, 5) is 0. The van der Waals surface area contributed by atoms with Crippen LogP contribution in [0.2, 0.25) is 0 Å². The van der Waals surface area contributed by atoms with Gasteiger partial charge in [-0.25, -0.2) is 4.39 Å². The van der Waals surface area contributed by atoms with E-state index in [2.05, 4.69) is 21.1 Å². The van der Waals surface area contributed by atoms with Crippen LogP contribution in [-0.2, 0) is 12.8 Å². The van der Waals surface area contributed by atoms with Gasteiger partial charge in [0.05, 0.1) is 5.71 Å². The SMILES string of the molecule is O/N=C1\CCc2cc(Br)cc(F)c2C1. The van der Waals surface area contributed by atoms with Crippen molar-refractivity contribution in [1.29, 1.82) is 0 Å². The smallest absolute Gasteiger partial charge is 0.128 e. The summed E-state index contributed by atoms with van der Waals surface area (Å²) < 4.78 is 14.2. The maximum absolute atomic E-state index is 13.5. The number of rotatable bonds is 0. The molecule has 1 N–H and O–H groups in total. The Balaban J connectivity index is 2.47. The van der Waals surface area contributed by atoms with E-state index in [1.54, 1.807) is 0 Å². The fourth-order valence-electron chi connectivity index (χ4n) is 1.73. The van der Waals surface area contributed by atoms with E-state index in [1.165, 1.54) is 6.07 Å². The van der Waals surface area contributed by atoms with Crippen molar-refractivity contribution in [3.05, 3.63) is 33.5 Å². The Morgan fingerprint density at radius 2 is 2.14 bits per heavy atom. The third-order valence-electron chi connectivity index (χ3n) is 2.46. The van der Waals surface area contributed by atoms with E-state index in [9.17, 15) is 4.39 Å². The van der Waals surface area contributed by atoms with Gasteiger partial charge in [-0.15, -0.1) is 0 Å². The van der Waals surface area contributed by atoms with Crippen LogP contribution in [0.25, 0.3) is 0 Å². The van der Waals surface area contributed by atoms with Gasteiger partial charge in [-0.2, -0.15) is 0 Å². The van der Waals surface area contributed by atoms with Crippen LogP contribution in [0, 0.1) is 5.82 Å². The summed E-state index contributed by atoms with van der Waals surface area (Å²) in [5.41, 5.74) is 2.32. The van der Waals surface area contributed by atoms with Crippen LogP contribution in [0.3, 0.4) is 0 Å². The molecular weight excluding hydrogens is 249 g/mol. The molecule has 74 valence electrons. The quantitative estimate of drug-likeness (QED) is 0.563. The van der Waals surface area contributed by atoms with Crippen molar-refractivity contribution in [2.24, 2.45) is 5.16 Å². The summed E-state index contributed by atoms with van der Waals surface area (Å²) in [6.07, 6.45) is 1.87. The molecule has 2 rings (SSSR count). The van der Waals surface area contributed by atoms with Crippen LogP contribution in [0.4, 0.5) is 4.39 Å². The van der Waals surface area contributed by atoms with Crippen molar-refractivity contribution in [1.82, 2.24) is 0 Å². The van der Waals surface area contributed by atoms with Crippen molar-refractivity contribution >= 4 is 21.6 Å². The Labute approximate surface area is 89.6 Å². The highest BCUT2D eigenvalue weighted by Gasteiger charge is 2.18. The average Bonchev–Trinajstić information content (AvgIpc) is 2.17. The van der Waals surface area contributed by atoms with Gasteiger partial charge in [0.15, 0.2) is 0 Å². The molecule has 0 saturated heterocycles. The number of hydrogen-bond donors (Lipinski definition) is 1. The van der Waals surface area contributed by atoms with Crippen LogP contribution < -0.4 is 0 Å². The van der Waals surface area contributed by atoms with Gasteiger partial charge in [0.2, 0.25) is 0 Å². The molecule has 0 atom stereocenters. The number of halogens is 2. The maximum Gasteiger partial charge on any atom is 0.128 e. The highest BCUT2D eigenvalue weighted by Crippen LogP contribution is 2.26. The zero-order valence-corrected chi connectivity index (χ0v) is 9.01. The van der Waals surface area contributed by atoms with Gasteiger partial charge in [-0.3, -0.25) is 0 Å². The van der Waals surface area contributed by atoms with Crippen LogP contribution >= 0.6 is 15.9 Å². The fourth-order valence-corrected chi connectivity index (χ4v) is 2.21. The summed E-state index contributed by atoms with van der Waals surface area (Å²) >= 11 is 3.25. The third kappa shape index (κ3) is 1.66. The first-order valence-electron chi connectivity index (χ1n) is 4.37. The van der Waals surface area contributed by atoms with Crippen molar-refractivity contribution < 1.29 is 9.60 Å². The highest BCUT2D eigenvalue weighted by atomic mass is 79.9. The lowest BCUT2D eigenvalue weighted by Gasteiger charge is -2.17. The van der Waals surface area contributed by atoms with E-state index in [-0.39, 0.29) is 5.82 Å². The molecule has 0 aromatic heterocycles. The Kier molecular flexibility index (Phi) is 2.54. The van der Waals surface area contributed by atoms with Crippen LogP contribution in [0.5, 0.6) is 0 Å². The molecule has 1 aliphatic rings. The minimum absolute atomic E-state index is 0.227. The van der Waals surface area contributed by atoms with Gasteiger partial charge in [0, 0.05) is 10.9 Å². The molecule has 0 amide bonds. The number of benzene rings is 1. The van der Waals surface area contributed by atoms with Gasteiger partial charge in [0.25, 0.3) is 0 Å². The van der Waals surface area contributed by atoms with Gasteiger partial charge in [0.1, 0.15) is 5.82 Å². The topological polar surface area (TPSA) is 32.6 Å². The minimum atomic E-state index is -0.227. The Bertz CT molecular complexity index is 403. The Morgan fingerprint density at radius 1 is 1.36 bits per heavy atom. The van der Waals surface area contributed by atoms with Crippen molar-refractivity contribution in [3.63, 3.8) is 0 Å². The zero-order chi connectivity index (χ0) is 10.1. The molecule has 14 heavy (non-hydrogen) atoms. The predicted octanol–water partition coefficient (Wildman–Crippen LogP) is 2.91. The van der Waals surface area contributed by atoms with Gasteiger partial charge < -0.3 is 5.21 Å². The minimum Gasteiger partial charge on any atom is -0.411 e. The normalized spacial score (nSPS) is 18.3. The zero-order valence-electron chi connectivity index (χ0n) is 7.43. The predicted molar refractivity (Wildman–Crippen MR) is 55.3 cm³/mol. The summed E-state index contributed by atoms with van der Waals surface area (Å²) in [7, 11) is 0. The van der Waals surface area contributed by atoms with Gasteiger partial charge >= 0.3 is 0 Å². The molecule has 0 unspecified atom stereocenters. The van der Waals surface area contributed by atoms with Crippen molar-refractivity contribution in [2.45, 2.75) is 19.3 Å². The molecule has 1 aliphatic carbocycles. The van der Waals surface area contributed by atoms with Crippen LogP contribution in [-0.4, -0.2) is 10.9 Å². The lowest BCUT2D eigenvalue weighted by Crippen LogP contribution is -2.15. The number of fused-ring (bicyclic) bond motifs is 1. The molecule has 0 spiro atoms. The van der Waals surface area contributed by atoms with Gasteiger partial charge in [-0.1, -0.05) is 21.1 Å². The van der Waals surface area contributed by atoms with Gasteiger partial charge in [-0.05, 0) is 36.1 Å². The molecule has 0 bridgehead atoms. The number of aryl methyl sites for hydroxylation is 1. The number of oxime groups is 1. The van der Waals surface area contributed by atoms with Crippen molar-refractivity contribution in [2.75, 3.05) is 0 Å². The first-order valence-corrected chi connectivity index (χ1v) is 5.16. The Morgan fingerprint density at radius 3 is 2.86 bits per heavy atom. The standard InChI is InChI=1S/C10H9BrFNO/c11-7-3-6-1-2-8(13-14)5-9(6)10(12)4-7/h3-4,14H,1-2,5H2/b13-8+. The molecule has 0 saturated carbocycles. The molecule has 1 aromatic carbocycles. The largest absolute Gasteiger partial charge is 0.411 e. The van der Waals surface area contributed by atoms with E-state index in [1.807, 2.05) is 6.07 Å². The first-order chi connectivity index (χ1) is 6.70. The van der Waals surface area contributed by atoms with Crippen molar-refractivity contribution in [3.8, 4) is 0 Å². The second-order valence-corrected chi connectivity index (χ2v) is 4.28. The lowest BCUT2D eigenvalue weighted by molar-refractivity contribution is 0.316. The summed E-state index contributed by atoms with van der Waals surface area (Å²) in [6, 6.07) is 3.37. The molecule has 2 nitrogen and oxygen atoms in total. The van der Waals surface area contributed by atoms with Crippen LogP contribution in [0.15, 0.2) is 21.8 Å². The van der Waals surface area contributed by atoms with E-state index >= 15 is 0 Å². The first kappa shape index (κ1) is 9.65. The molecular formula is C10H9BrFNO. The third-order valence-corrected chi connectivity index (χ3v) is 2.92. The second kappa shape index (κ2) is 3.69. The van der Waals surface area contributed by atoms with Crippen LogP contribution in [0.1, 0.15) is 17.5 Å². The Hall–Kier alpha value is -0.900. The molecule has 0 radical (unpaired) electrons. The second-order valence-electron chi connectivity index (χ2n) is 3.37. The van der Waals surface area contributed by atoms with E-state index in [0.29, 0.717) is 24.1 Å². The molecule has 0 aliphatic heterocycles. The van der Waals surface area contributed by atoms with E-state index in [4.69, 9.17) is 5.21 Å². The average molecular weight is 258 g/mol. The summed E-state index contributed by atoms with van der Waals surface area (Å²) in [5, 5.41) is 11.8. The highest BCUT2D eigenvalue weighted by molar-refractivity contribution is 9.10. The van der Waals surface area contributed by atoms with E-state index in [0.717, 1.165) is 16.5 Å². The summed E-state index contributed by atoms with van der Waals surface area (Å²) in [6.45, 7) is 0. The van der Waals surface area contributed by atoms with E-state index < -0.39 is 0 Å². The molecule has 0 fully saturated rings. The molecule has 1 aromatic rings. The maximum atomic E-state index is 13.5.